The Kier molecular flexibility index (Phi) is 7.63. The third-order valence-electron chi connectivity index (χ3n) is 6.67. The lowest BCUT2D eigenvalue weighted by Gasteiger charge is -2.36. The smallest absolute Gasteiger partial charge is 0.344 e. The van der Waals surface area contributed by atoms with Gasteiger partial charge in [0.25, 0.3) is 0 Å². The maximum Gasteiger partial charge on any atom is 0.344 e. The van der Waals surface area contributed by atoms with Crippen molar-refractivity contribution in [1.82, 2.24) is 0 Å². The molecule has 1 saturated carbocycles. The highest BCUT2D eigenvalue weighted by molar-refractivity contribution is 7.99. The number of fused-ring (bicyclic) bond motifs is 2. The Balaban J connectivity index is 1.31. The number of anilines is 2. The minimum Gasteiger partial charge on any atom is -0.460 e. The molecule has 3 atom stereocenters. The van der Waals surface area contributed by atoms with Crippen LogP contribution in [0.3, 0.4) is 0 Å². The van der Waals surface area contributed by atoms with Gasteiger partial charge in [0.15, 0.2) is 6.61 Å². The molecule has 4 rings (SSSR count). The van der Waals surface area contributed by atoms with Crippen LogP contribution in [0.4, 0.5) is 11.4 Å². The van der Waals surface area contributed by atoms with Gasteiger partial charge in [-0.1, -0.05) is 63.2 Å². The molecule has 2 aliphatic rings. The first kappa shape index (κ1) is 23.7. The highest BCUT2D eigenvalue weighted by Crippen LogP contribution is 2.47. The van der Waals surface area contributed by atoms with E-state index in [9.17, 15) is 9.59 Å². The van der Waals surface area contributed by atoms with Crippen molar-refractivity contribution < 1.29 is 19.1 Å². The molecule has 1 aliphatic heterocycles. The van der Waals surface area contributed by atoms with Crippen LogP contribution in [0.25, 0.3) is 0 Å². The van der Waals surface area contributed by atoms with Crippen LogP contribution >= 0.6 is 11.8 Å². The lowest BCUT2D eigenvalue weighted by atomic mass is 9.75. The van der Waals surface area contributed by atoms with Crippen molar-refractivity contribution >= 4 is 35.1 Å². The average molecular weight is 468 g/mol. The SMILES string of the molecule is CC(C)[C@@H]1CC[C@H](C)C[C@@H]1OC(=O)COC(=O)CCN1c2ccccc2Sc2ccccc21. The molecule has 0 bridgehead atoms. The van der Waals surface area contributed by atoms with Crippen LogP contribution in [-0.4, -0.2) is 31.2 Å². The fourth-order valence-corrected chi connectivity index (χ4v) is 5.99. The predicted molar refractivity (Wildman–Crippen MR) is 131 cm³/mol. The minimum absolute atomic E-state index is 0.0844. The second-order valence-electron chi connectivity index (χ2n) is 9.45. The highest BCUT2D eigenvalue weighted by atomic mass is 32.2. The third-order valence-corrected chi connectivity index (χ3v) is 7.80. The number of nitrogens with zero attached hydrogens (tertiary/aromatic N) is 1. The summed E-state index contributed by atoms with van der Waals surface area (Å²) in [6.45, 7) is 6.72. The van der Waals surface area contributed by atoms with E-state index in [1.807, 2.05) is 24.3 Å². The van der Waals surface area contributed by atoms with Gasteiger partial charge in [0.05, 0.1) is 17.8 Å². The Labute approximate surface area is 200 Å². The van der Waals surface area contributed by atoms with Gasteiger partial charge in [0.2, 0.25) is 0 Å². The first-order valence-corrected chi connectivity index (χ1v) is 12.7. The minimum atomic E-state index is -0.446. The maximum absolute atomic E-state index is 12.5. The van der Waals surface area contributed by atoms with Crippen LogP contribution in [-0.2, 0) is 19.1 Å². The molecule has 0 amide bonds. The van der Waals surface area contributed by atoms with E-state index >= 15 is 0 Å². The number of ether oxygens (including phenoxy) is 2. The summed E-state index contributed by atoms with van der Waals surface area (Å²) in [6.07, 6.45) is 3.24. The summed E-state index contributed by atoms with van der Waals surface area (Å²) in [7, 11) is 0. The van der Waals surface area contributed by atoms with E-state index < -0.39 is 11.9 Å². The van der Waals surface area contributed by atoms with Crippen molar-refractivity contribution in [3.63, 3.8) is 0 Å². The van der Waals surface area contributed by atoms with Crippen LogP contribution in [0, 0.1) is 17.8 Å². The summed E-state index contributed by atoms with van der Waals surface area (Å²) in [5.74, 6) is 0.550. The number of hydrogen-bond donors (Lipinski definition) is 0. The van der Waals surface area contributed by atoms with Crippen LogP contribution in [0.5, 0.6) is 0 Å². The van der Waals surface area contributed by atoms with Gasteiger partial charge in [0, 0.05) is 16.3 Å². The number of benzene rings is 2. The molecular formula is C27H33NO4S. The third kappa shape index (κ3) is 5.72. The van der Waals surface area contributed by atoms with Crippen LogP contribution in [0.2, 0.25) is 0 Å². The Morgan fingerprint density at radius 1 is 1.00 bits per heavy atom. The van der Waals surface area contributed by atoms with Gasteiger partial charge >= 0.3 is 11.9 Å². The van der Waals surface area contributed by atoms with Gasteiger partial charge in [0.1, 0.15) is 6.10 Å². The van der Waals surface area contributed by atoms with Crippen molar-refractivity contribution in [2.24, 2.45) is 17.8 Å². The van der Waals surface area contributed by atoms with E-state index in [0.29, 0.717) is 24.3 Å². The summed E-state index contributed by atoms with van der Waals surface area (Å²) >= 11 is 1.73. The number of carbonyl (C=O) groups is 2. The molecule has 1 fully saturated rings. The summed E-state index contributed by atoms with van der Waals surface area (Å²) < 4.78 is 11.0. The Morgan fingerprint density at radius 2 is 1.64 bits per heavy atom. The van der Waals surface area contributed by atoms with Gasteiger partial charge in [-0.2, -0.15) is 0 Å². The van der Waals surface area contributed by atoms with E-state index in [-0.39, 0.29) is 19.1 Å². The van der Waals surface area contributed by atoms with E-state index in [1.165, 1.54) is 6.42 Å². The molecule has 6 heteroatoms. The molecule has 0 unspecified atom stereocenters. The number of esters is 2. The molecule has 33 heavy (non-hydrogen) atoms. The monoisotopic (exact) mass is 467 g/mol. The lowest BCUT2D eigenvalue weighted by molar-refractivity contribution is -0.167. The van der Waals surface area contributed by atoms with Gasteiger partial charge in [-0.25, -0.2) is 4.79 Å². The summed E-state index contributed by atoms with van der Waals surface area (Å²) in [4.78, 5) is 29.4. The molecule has 0 aromatic heterocycles. The van der Waals surface area contributed by atoms with E-state index in [4.69, 9.17) is 9.47 Å². The van der Waals surface area contributed by atoms with Crippen molar-refractivity contribution in [2.75, 3.05) is 18.1 Å². The van der Waals surface area contributed by atoms with Crippen molar-refractivity contribution in [3.8, 4) is 0 Å². The largest absolute Gasteiger partial charge is 0.460 e. The molecule has 2 aromatic carbocycles. The fraction of sp³-hybridized carbons (Fsp3) is 0.481. The standard InChI is InChI=1S/C27H33NO4S/c1-18(2)20-13-12-19(3)16-23(20)32-27(30)17-31-26(29)14-15-28-21-8-4-6-10-24(21)33-25-11-7-5-9-22(25)28/h4-11,18-20,23H,12-17H2,1-3H3/t19-,20-,23-/m0/s1. The van der Waals surface area contributed by atoms with Crippen molar-refractivity contribution in [3.05, 3.63) is 48.5 Å². The molecule has 2 aromatic rings. The first-order valence-electron chi connectivity index (χ1n) is 11.9. The summed E-state index contributed by atoms with van der Waals surface area (Å²) in [5.41, 5.74) is 2.17. The predicted octanol–water partition coefficient (Wildman–Crippen LogP) is 6.23. The summed E-state index contributed by atoms with van der Waals surface area (Å²) in [6, 6.07) is 16.4. The molecule has 1 heterocycles. The van der Waals surface area contributed by atoms with E-state index in [0.717, 1.165) is 34.0 Å². The van der Waals surface area contributed by atoms with Crippen LogP contribution in [0.1, 0.15) is 46.5 Å². The van der Waals surface area contributed by atoms with Crippen LogP contribution in [0.15, 0.2) is 58.3 Å². The lowest BCUT2D eigenvalue weighted by Crippen LogP contribution is -2.37. The number of carbonyl (C=O) groups excluding carboxylic acids is 2. The van der Waals surface area contributed by atoms with E-state index in [1.54, 1.807) is 11.8 Å². The second kappa shape index (κ2) is 10.6. The zero-order valence-electron chi connectivity index (χ0n) is 19.7. The second-order valence-corrected chi connectivity index (χ2v) is 10.5. The van der Waals surface area contributed by atoms with Gasteiger partial charge < -0.3 is 14.4 Å². The molecule has 176 valence electrons. The average Bonchev–Trinajstić information content (AvgIpc) is 2.80. The quantitative estimate of drug-likeness (QED) is 0.450. The highest BCUT2D eigenvalue weighted by Gasteiger charge is 2.33. The molecule has 0 radical (unpaired) electrons. The normalized spacial score (nSPS) is 21.8. The Bertz CT molecular complexity index is 946. The Hall–Kier alpha value is -2.47. The molecule has 0 spiro atoms. The van der Waals surface area contributed by atoms with Crippen molar-refractivity contribution in [2.45, 2.75) is 62.3 Å². The van der Waals surface area contributed by atoms with E-state index in [2.05, 4.69) is 49.9 Å². The molecule has 0 N–H and O–H groups in total. The zero-order chi connectivity index (χ0) is 23.4. The first-order chi connectivity index (χ1) is 15.9. The van der Waals surface area contributed by atoms with Crippen LogP contribution < -0.4 is 4.90 Å². The van der Waals surface area contributed by atoms with Gasteiger partial charge in [-0.3, -0.25) is 4.79 Å². The number of rotatable bonds is 7. The molecule has 5 nitrogen and oxygen atoms in total. The van der Waals surface area contributed by atoms with Crippen molar-refractivity contribution in [1.29, 1.82) is 0 Å². The Morgan fingerprint density at radius 3 is 2.27 bits per heavy atom. The topological polar surface area (TPSA) is 55.8 Å². The molecule has 1 aliphatic carbocycles. The van der Waals surface area contributed by atoms with Gasteiger partial charge in [-0.15, -0.1) is 0 Å². The van der Waals surface area contributed by atoms with Gasteiger partial charge in [-0.05, 0) is 54.9 Å². The number of para-hydroxylation sites is 2. The fourth-order valence-electron chi connectivity index (χ4n) is 4.89. The summed E-state index contributed by atoms with van der Waals surface area (Å²) in [5, 5.41) is 0. The number of hydrogen-bond acceptors (Lipinski definition) is 6. The molecular weight excluding hydrogens is 434 g/mol. The zero-order valence-corrected chi connectivity index (χ0v) is 20.5. The molecule has 0 saturated heterocycles. The maximum atomic E-state index is 12.5.